The molecule has 0 aromatic carbocycles. The van der Waals surface area contributed by atoms with E-state index in [4.69, 9.17) is 0 Å². The fourth-order valence-electron chi connectivity index (χ4n) is 1.01. The fraction of sp³-hybridized carbons (Fsp3) is 0.375. The van der Waals surface area contributed by atoms with Gasteiger partial charge in [0.2, 0.25) is 0 Å². The second kappa shape index (κ2) is 3.80. The molecule has 0 amide bonds. The van der Waals surface area contributed by atoms with E-state index in [1.54, 1.807) is 6.92 Å². The Labute approximate surface area is 69.7 Å². The second-order valence-corrected chi connectivity index (χ2v) is 2.50. The Morgan fingerprint density at radius 1 is 1.67 bits per heavy atom. The van der Waals surface area contributed by atoms with Crippen LogP contribution in [0.5, 0.6) is 0 Å². The van der Waals surface area contributed by atoms with Crippen molar-refractivity contribution in [2.45, 2.75) is 19.8 Å². The summed E-state index contributed by atoms with van der Waals surface area (Å²) in [6.07, 6.45) is 3.00. The summed E-state index contributed by atoms with van der Waals surface area (Å²) in [5.41, 5.74) is 1.15. The van der Waals surface area contributed by atoms with E-state index in [9.17, 15) is 9.59 Å². The van der Waals surface area contributed by atoms with Gasteiger partial charge in [0.15, 0.2) is 0 Å². The van der Waals surface area contributed by atoms with Crippen molar-refractivity contribution in [1.29, 1.82) is 0 Å². The Hall–Kier alpha value is -1.45. The average molecular weight is 166 g/mol. The highest BCUT2D eigenvalue weighted by molar-refractivity contribution is 5.50. The predicted molar refractivity (Wildman–Crippen MR) is 44.0 cm³/mol. The molecule has 4 nitrogen and oxygen atoms in total. The molecule has 4 heteroatoms. The van der Waals surface area contributed by atoms with Gasteiger partial charge in [0, 0.05) is 17.7 Å². The van der Waals surface area contributed by atoms with Crippen LogP contribution in [0.25, 0.3) is 0 Å². The lowest BCUT2D eigenvalue weighted by atomic mass is 10.1. The number of nitrogens with zero attached hydrogens (tertiary/aromatic N) is 1. The van der Waals surface area contributed by atoms with Crippen LogP contribution in [0.2, 0.25) is 0 Å². The van der Waals surface area contributed by atoms with Gasteiger partial charge in [-0.1, -0.05) is 0 Å². The molecule has 0 unspecified atom stereocenters. The minimum Gasteiger partial charge on any atom is -0.313 e. The zero-order valence-electron chi connectivity index (χ0n) is 6.83. The van der Waals surface area contributed by atoms with Crippen molar-refractivity contribution in [3.8, 4) is 0 Å². The first-order valence-electron chi connectivity index (χ1n) is 3.72. The summed E-state index contributed by atoms with van der Waals surface area (Å²) in [4.78, 5) is 27.6. The van der Waals surface area contributed by atoms with E-state index in [2.05, 4.69) is 9.97 Å². The van der Waals surface area contributed by atoms with Crippen LogP contribution in [-0.4, -0.2) is 16.3 Å². The summed E-state index contributed by atoms with van der Waals surface area (Å²) in [6.45, 7) is 1.76. The van der Waals surface area contributed by atoms with E-state index in [0.717, 1.165) is 6.29 Å². The van der Waals surface area contributed by atoms with Crippen LogP contribution in [-0.2, 0) is 11.2 Å². The Kier molecular flexibility index (Phi) is 2.74. The zero-order chi connectivity index (χ0) is 8.97. The Morgan fingerprint density at radius 3 is 3.00 bits per heavy atom. The molecule has 1 heterocycles. The molecule has 0 aliphatic heterocycles. The lowest BCUT2D eigenvalue weighted by molar-refractivity contribution is -0.107. The topological polar surface area (TPSA) is 62.8 Å². The summed E-state index contributed by atoms with van der Waals surface area (Å²) in [5, 5.41) is 0. The van der Waals surface area contributed by atoms with Crippen LogP contribution in [0.1, 0.15) is 17.7 Å². The third-order valence-corrected chi connectivity index (χ3v) is 1.68. The van der Waals surface area contributed by atoms with Crippen molar-refractivity contribution in [3.05, 3.63) is 27.9 Å². The quantitative estimate of drug-likeness (QED) is 0.653. The maximum Gasteiger partial charge on any atom is 0.254 e. The normalized spacial score (nSPS) is 9.75. The molecule has 0 atom stereocenters. The highest BCUT2D eigenvalue weighted by Gasteiger charge is 2.02. The summed E-state index contributed by atoms with van der Waals surface area (Å²) in [7, 11) is 0. The predicted octanol–water partition coefficient (Wildman–Crippen LogP) is 0.210. The highest BCUT2D eigenvalue weighted by atomic mass is 16.1. The number of rotatable bonds is 3. The van der Waals surface area contributed by atoms with Crippen LogP contribution in [0.4, 0.5) is 0 Å². The van der Waals surface area contributed by atoms with Crippen LogP contribution in [0, 0.1) is 6.92 Å². The Morgan fingerprint density at radius 2 is 2.42 bits per heavy atom. The number of carbonyl (C=O) groups is 1. The number of aromatic nitrogens is 2. The third-order valence-electron chi connectivity index (χ3n) is 1.68. The van der Waals surface area contributed by atoms with Gasteiger partial charge in [0.1, 0.15) is 6.29 Å². The number of carbonyl (C=O) groups excluding carboxylic acids is 1. The smallest absolute Gasteiger partial charge is 0.254 e. The fourth-order valence-corrected chi connectivity index (χ4v) is 1.01. The molecular weight excluding hydrogens is 156 g/mol. The first kappa shape index (κ1) is 8.64. The number of aryl methyl sites for hydroxylation is 1. The van der Waals surface area contributed by atoms with Gasteiger partial charge in [-0.25, -0.2) is 4.98 Å². The number of hydrogen-bond acceptors (Lipinski definition) is 3. The van der Waals surface area contributed by atoms with Crippen molar-refractivity contribution < 1.29 is 4.79 Å². The first-order valence-corrected chi connectivity index (χ1v) is 3.72. The Balaban J connectivity index is 2.96. The molecule has 1 aromatic rings. The number of aldehydes is 1. The highest BCUT2D eigenvalue weighted by Crippen LogP contribution is 1.98. The number of H-pyrrole nitrogens is 1. The summed E-state index contributed by atoms with van der Waals surface area (Å²) in [6, 6.07) is 0. The Bertz CT molecular complexity index is 330. The molecule has 64 valence electrons. The summed E-state index contributed by atoms with van der Waals surface area (Å²) >= 11 is 0. The molecule has 0 bridgehead atoms. The molecule has 0 radical (unpaired) electrons. The average Bonchev–Trinajstić information content (AvgIpc) is 2.04. The lowest BCUT2D eigenvalue weighted by Gasteiger charge is -1.98. The standard InChI is InChI=1S/C8H10N2O2/c1-6-7(3-2-4-11)8(12)10-5-9-6/h4-5H,2-3H2,1H3,(H,9,10,12). The van der Waals surface area contributed by atoms with E-state index in [1.165, 1.54) is 6.33 Å². The largest absolute Gasteiger partial charge is 0.313 e. The molecule has 0 aliphatic carbocycles. The van der Waals surface area contributed by atoms with E-state index < -0.39 is 0 Å². The van der Waals surface area contributed by atoms with Gasteiger partial charge >= 0.3 is 0 Å². The van der Waals surface area contributed by atoms with Gasteiger partial charge in [-0.3, -0.25) is 4.79 Å². The van der Waals surface area contributed by atoms with Gasteiger partial charge < -0.3 is 9.78 Å². The van der Waals surface area contributed by atoms with E-state index in [-0.39, 0.29) is 5.56 Å². The van der Waals surface area contributed by atoms with Gasteiger partial charge in [0.25, 0.3) is 5.56 Å². The van der Waals surface area contributed by atoms with Gasteiger partial charge in [0.05, 0.1) is 6.33 Å². The summed E-state index contributed by atoms with van der Waals surface area (Å²) in [5.74, 6) is 0. The maximum absolute atomic E-state index is 11.1. The van der Waals surface area contributed by atoms with Crippen LogP contribution >= 0.6 is 0 Å². The monoisotopic (exact) mass is 166 g/mol. The van der Waals surface area contributed by atoms with Gasteiger partial charge in [-0.2, -0.15) is 0 Å². The van der Waals surface area contributed by atoms with Crippen molar-refractivity contribution in [2.24, 2.45) is 0 Å². The van der Waals surface area contributed by atoms with Gasteiger partial charge in [-0.15, -0.1) is 0 Å². The number of hydrogen-bond donors (Lipinski definition) is 1. The number of aromatic amines is 1. The van der Waals surface area contributed by atoms with Crippen molar-refractivity contribution in [1.82, 2.24) is 9.97 Å². The molecule has 0 aliphatic rings. The first-order chi connectivity index (χ1) is 5.75. The molecule has 1 rings (SSSR count). The van der Waals surface area contributed by atoms with Crippen LogP contribution in [0.15, 0.2) is 11.1 Å². The molecule has 0 saturated carbocycles. The third kappa shape index (κ3) is 1.78. The van der Waals surface area contributed by atoms with Gasteiger partial charge in [-0.05, 0) is 13.3 Å². The zero-order valence-corrected chi connectivity index (χ0v) is 6.83. The SMILES string of the molecule is Cc1nc[nH]c(=O)c1CCC=O. The summed E-state index contributed by atoms with van der Waals surface area (Å²) < 4.78 is 0. The molecule has 1 aromatic heterocycles. The molecule has 0 spiro atoms. The minimum atomic E-state index is -0.149. The second-order valence-electron chi connectivity index (χ2n) is 2.50. The molecular formula is C8H10N2O2. The van der Waals surface area contributed by atoms with Crippen molar-refractivity contribution >= 4 is 6.29 Å². The van der Waals surface area contributed by atoms with E-state index >= 15 is 0 Å². The van der Waals surface area contributed by atoms with Crippen molar-refractivity contribution in [2.75, 3.05) is 0 Å². The van der Waals surface area contributed by atoms with Crippen molar-refractivity contribution in [3.63, 3.8) is 0 Å². The molecule has 0 fully saturated rings. The molecule has 0 saturated heterocycles. The maximum atomic E-state index is 11.1. The number of nitrogens with one attached hydrogen (secondary N) is 1. The van der Waals surface area contributed by atoms with E-state index in [1.807, 2.05) is 0 Å². The van der Waals surface area contributed by atoms with Crippen LogP contribution in [0.3, 0.4) is 0 Å². The molecule has 1 N–H and O–H groups in total. The van der Waals surface area contributed by atoms with E-state index in [0.29, 0.717) is 24.1 Å². The minimum absolute atomic E-state index is 0.149. The lowest BCUT2D eigenvalue weighted by Crippen LogP contribution is -2.15. The van der Waals surface area contributed by atoms with Crippen LogP contribution < -0.4 is 5.56 Å². The molecule has 12 heavy (non-hydrogen) atoms.